The second kappa shape index (κ2) is 6.67. The Hall–Kier alpha value is -1.30. The summed E-state index contributed by atoms with van der Waals surface area (Å²) >= 11 is 9.25. The Morgan fingerprint density at radius 2 is 1.87 bits per heavy atom. The van der Waals surface area contributed by atoms with Crippen LogP contribution in [0.4, 0.5) is 0 Å². The Labute approximate surface area is 149 Å². The first-order chi connectivity index (χ1) is 10.9. The van der Waals surface area contributed by atoms with Crippen LogP contribution in [-0.2, 0) is 11.2 Å². The fourth-order valence-corrected chi connectivity index (χ4v) is 3.80. The minimum absolute atomic E-state index is 0.135. The number of aromatic nitrogens is 2. The van der Waals surface area contributed by atoms with E-state index in [2.05, 4.69) is 43.0 Å². The number of benzene rings is 1. The van der Waals surface area contributed by atoms with Gasteiger partial charge in [-0.25, -0.2) is 0 Å². The number of hydrogen-bond donors (Lipinski definition) is 0. The minimum Gasteiger partial charge on any atom is -0.333 e. The fraction of sp³-hybridized carbons (Fsp3) is 0.294. The van der Waals surface area contributed by atoms with E-state index in [9.17, 15) is 0 Å². The molecule has 0 aliphatic heterocycles. The zero-order valence-corrected chi connectivity index (χ0v) is 15.6. The number of thiophene rings is 1. The molecule has 3 rings (SSSR count). The third-order valence-electron chi connectivity index (χ3n) is 3.21. The van der Waals surface area contributed by atoms with Crippen LogP contribution in [0.25, 0.3) is 10.8 Å². The van der Waals surface area contributed by atoms with E-state index in [0.29, 0.717) is 17.5 Å². The molecular weight excluding hydrogens is 348 g/mol. The molecule has 0 radical (unpaired) electrons. The number of thioether (sulfide) groups is 1. The Balaban J connectivity index is 1.68. The molecule has 0 saturated heterocycles. The summed E-state index contributed by atoms with van der Waals surface area (Å²) in [7, 11) is 0. The third kappa shape index (κ3) is 4.16. The van der Waals surface area contributed by atoms with E-state index in [1.807, 2.05) is 24.3 Å². The van der Waals surface area contributed by atoms with Gasteiger partial charge in [-0.2, -0.15) is 4.98 Å². The van der Waals surface area contributed by atoms with E-state index in [1.54, 1.807) is 23.1 Å². The zero-order chi connectivity index (χ0) is 16.4. The van der Waals surface area contributed by atoms with Crippen LogP contribution < -0.4 is 0 Å². The van der Waals surface area contributed by atoms with Gasteiger partial charge in [0.05, 0.1) is 10.6 Å². The first kappa shape index (κ1) is 16.6. The zero-order valence-electron chi connectivity index (χ0n) is 13.2. The summed E-state index contributed by atoms with van der Waals surface area (Å²) in [6.07, 6.45) is 0. The molecule has 3 aromatic rings. The van der Waals surface area contributed by atoms with Crippen molar-refractivity contribution in [3.63, 3.8) is 0 Å². The highest BCUT2D eigenvalue weighted by Gasteiger charge is 2.18. The molecule has 0 saturated carbocycles. The molecule has 120 valence electrons. The van der Waals surface area contributed by atoms with Crippen molar-refractivity contribution in [1.29, 1.82) is 0 Å². The highest BCUT2D eigenvalue weighted by molar-refractivity contribution is 7.98. The van der Waals surface area contributed by atoms with Gasteiger partial charge in [0, 0.05) is 14.8 Å². The van der Waals surface area contributed by atoms with Crippen molar-refractivity contribution in [2.45, 2.75) is 36.8 Å². The molecule has 0 atom stereocenters. The molecule has 1 aromatic carbocycles. The molecule has 3 nitrogen and oxygen atoms in total. The normalized spacial score (nSPS) is 11.8. The molecule has 0 fully saturated rings. The number of rotatable bonds is 4. The van der Waals surface area contributed by atoms with E-state index in [0.717, 1.165) is 14.8 Å². The van der Waals surface area contributed by atoms with E-state index in [-0.39, 0.29) is 5.41 Å². The molecule has 0 spiro atoms. The highest BCUT2D eigenvalue weighted by Crippen LogP contribution is 2.34. The van der Waals surface area contributed by atoms with Gasteiger partial charge < -0.3 is 4.52 Å². The van der Waals surface area contributed by atoms with Crippen LogP contribution in [0.2, 0.25) is 5.02 Å². The maximum atomic E-state index is 5.89. The monoisotopic (exact) mass is 364 g/mol. The van der Waals surface area contributed by atoms with Crippen molar-refractivity contribution in [3.8, 4) is 10.8 Å². The van der Waals surface area contributed by atoms with Gasteiger partial charge >= 0.3 is 0 Å². The predicted molar refractivity (Wildman–Crippen MR) is 97.3 cm³/mol. The Morgan fingerprint density at radius 3 is 2.52 bits per heavy atom. The van der Waals surface area contributed by atoms with Crippen LogP contribution in [0.3, 0.4) is 0 Å². The third-order valence-corrected chi connectivity index (χ3v) is 5.96. The second-order valence-electron chi connectivity index (χ2n) is 6.17. The molecule has 0 amide bonds. The van der Waals surface area contributed by atoms with Crippen molar-refractivity contribution in [2.75, 3.05) is 0 Å². The summed E-state index contributed by atoms with van der Waals surface area (Å²) < 4.78 is 5.40. The molecule has 23 heavy (non-hydrogen) atoms. The summed E-state index contributed by atoms with van der Waals surface area (Å²) in [4.78, 5) is 7.95. The SMILES string of the molecule is CC(C)(C)c1ccc(-c2nc(CSc3ccc(Cl)cc3)no2)s1. The molecule has 0 aliphatic rings. The standard InChI is InChI=1S/C17H17ClN2OS2/c1-17(2,3)14-9-8-13(23-14)16-19-15(20-21-16)10-22-12-6-4-11(18)5-7-12/h4-9H,10H2,1-3H3. The second-order valence-corrected chi connectivity index (χ2v) is 8.74. The van der Waals surface area contributed by atoms with Crippen molar-refractivity contribution in [2.24, 2.45) is 0 Å². The molecule has 2 heterocycles. The fourth-order valence-electron chi connectivity index (χ4n) is 1.95. The van der Waals surface area contributed by atoms with Gasteiger partial charge in [0.25, 0.3) is 5.89 Å². The summed E-state index contributed by atoms with van der Waals surface area (Å²) in [6.45, 7) is 6.60. The topological polar surface area (TPSA) is 38.9 Å². The van der Waals surface area contributed by atoms with Crippen molar-refractivity contribution >= 4 is 34.7 Å². The van der Waals surface area contributed by atoms with Crippen LogP contribution in [0.1, 0.15) is 31.5 Å². The lowest BCUT2D eigenvalue weighted by Gasteiger charge is -2.14. The van der Waals surface area contributed by atoms with Crippen LogP contribution in [0.5, 0.6) is 0 Å². The van der Waals surface area contributed by atoms with Crippen LogP contribution >= 0.6 is 34.7 Å². The van der Waals surface area contributed by atoms with E-state index in [4.69, 9.17) is 16.1 Å². The van der Waals surface area contributed by atoms with Gasteiger partial charge in [-0.3, -0.25) is 0 Å². The average molecular weight is 365 g/mol. The minimum atomic E-state index is 0.135. The number of nitrogens with zero attached hydrogens (tertiary/aromatic N) is 2. The van der Waals surface area contributed by atoms with Crippen LogP contribution in [-0.4, -0.2) is 10.1 Å². The quantitative estimate of drug-likeness (QED) is 0.529. The summed E-state index contributed by atoms with van der Waals surface area (Å²) in [5.41, 5.74) is 0.135. The van der Waals surface area contributed by atoms with E-state index < -0.39 is 0 Å². The molecule has 2 aromatic heterocycles. The van der Waals surface area contributed by atoms with E-state index >= 15 is 0 Å². The van der Waals surface area contributed by atoms with E-state index in [1.165, 1.54) is 4.88 Å². The Kier molecular flexibility index (Phi) is 4.80. The smallest absolute Gasteiger partial charge is 0.268 e. The predicted octanol–water partition coefficient (Wildman–Crippen LogP) is 6.04. The summed E-state index contributed by atoms with van der Waals surface area (Å²) in [5, 5.41) is 4.81. The van der Waals surface area contributed by atoms with Gasteiger partial charge in [-0.15, -0.1) is 23.1 Å². The molecular formula is C17H17ClN2OS2. The molecule has 6 heteroatoms. The van der Waals surface area contributed by atoms with Crippen molar-refractivity contribution < 1.29 is 4.52 Å². The molecule has 0 N–H and O–H groups in total. The van der Waals surface area contributed by atoms with Gasteiger partial charge in [-0.1, -0.05) is 37.5 Å². The number of halogens is 1. The largest absolute Gasteiger partial charge is 0.333 e. The maximum absolute atomic E-state index is 5.89. The molecule has 0 bridgehead atoms. The Morgan fingerprint density at radius 1 is 1.13 bits per heavy atom. The molecule has 0 unspecified atom stereocenters. The average Bonchev–Trinajstić information content (AvgIpc) is 3.15. The van der Waals surface area contributed by atoms with Crippen LogP contribution in [0, 0.1) is 0 Å². The maximum Gasteiger partial charge on any atom is 0.268 e. The lowest BCUT2D eigenvalue weighted by molar-refractivity contribution is 0.426. The summed E-state index contributed by atoms with van der Waals surface area (Å²) in [6, 6.07) is 11.9. The first-order valence-corrected chi connectivity index (χ1v) is 9.41. The lowest BCUT2D eigenvalue weighted by atomic mass is 9.95. The van der Waals surface area contributed by atoms with Crippen molar-refractivity contribution in [1.82, 2.24) is 10.1 Å². The molecule has 0 aliphatic carbocycles. The summed E-state index contributed by atoms with van der Waals surface area (Å²) in [5.74, 6) is 1.96. The Bertz CT molecular complexity index is 788. The van der Waals surface area contributed by atoms with Gasteiger partial charge in [0.2, 0.25) is 0 Å². The number of hydrogen-bond acceptors (Lipinski definition) is 5. The van der Waals surface area contributed by atoms with Gasteiger partial charge in [0.1, 0.15) is 0 Å². The van der Waals surface area contributed by atoms with Gasteiger partial charge in [0.15, 0.2) is 5.82 Å². The highest BCUT2D eigenvalue weighted by atomic mass is 35.5. The van der Waals surface area contributed by atoms with Crippen LogP contribution in [0.15, 0.2) is 45.8 Å². The lowest BCUT2D eigenvalue weighted by Crippen LogP contribution is -2.07. The van der Waals surface area contributed by atoms with Gasteiger partial charge in [-0.05, 0) is 41.8 Å². The van der Waals surface area contributed by atoms with Crippen molar-refractivity contribution in [3.05, 3.63) is 52.1 Å². The first-order valence-electron chi connectivity index (χ1n) is 7.23.